The number of aromatic nitrogens is 6. The van der Waals surface area contributed by atoms with Crippen molar-refractivity contribution in [2.45, 2.75) is 0 Å². The normalized spacial score (nSPS) is 11.0. The summed E-state index contributed by atoms with van der Waals surface area (Å²) in [5, 5.41) is 12.4. The Kier molecular flexibility index (Phi) is 9.47. The van der Waals surface area contributed by atoms with Gasteiger partial charge in [-0.15, -0.1) is 0 Å². The predicted octanol–water partition coefficient (Wildman–Crippen LogP) is 12.4. The monoisotopic (exact) mass is 767 g/mol. The zero-order chi connectivity index (χ0) is 40.3. The third-order valence-corrected chi connectivity index (χ3v) is 10.4. The molecule has 0 bridgehead atoms. The molecule has 0 radical (unpaired) electrons. The highest BCUT2D eigenvalue weighted by molar-refractivity contribution is 5.94. The predicted molar refractivity (Wildman–Crippen MR) is 239 cm³/mol. The molecule has 0 spiro atoms. The highest BCUT2D eigenvalue weighted by atomic mass is 15.0. The first-order chi connectivity index (χ1) is 29.6. The zero-order valence-electron chi connectivity index (χ0n) is 32.2. The van der Waals surface area contributed by atoms with Gasteiger partial charge in [-0.3, -0.25) is 0 Å². The van der Waals surface area contributed by atoms with E-state index in [1.54, 1.807) is 0 Å². The molecule has 0 saturated heterocycles. The summed E-state index contributed by atoms with van der Waals surface area (Å²) in [6, 6.07) is 69.0. The van der Waals surface area contributed by atoms with E-state index in [0.717, 1.165) is 66.4 Å². The van der Waals surface area contributed by atoms with Crippen molar-refractivity contribution in [2.24, 2.45) is 0 Å². The van der Waals surface area contributed by atoms with Crippen molar-refractivity contribution in [3.8, 4) is 96.7 Å². The summed E-state index contributed by atoms with van der Waals surface area (Å²) in [6.07, 6.45) is 0. The van der Waals surface area contributed by atoms with Crippen LogP contribution in [-0.4, -0.2) is 29.9 Å². The second-order valence-corrected chi connectivity index (χ2v) is 14.3. The Labute approximate surface area is 347 Å². The minimum Gasteiger partial charge on any atom is -0.208 e. The molecule has 0 N–H and O–H groups in total. The van der Waals surface area contributed by atoms with Gasteiger partial charge >= 0.3 is 0 Å². The Bertz CT molecular complexity index is 3090. The summed E-state index contributed by atoms with van der Waals surface area (Å²) >= 11 is 0. The Hall–Kier alpha value is -8.47. The van der Waals surface area contributed by atoms with Crippen LogP contribution in [0.25, 0.3) is 101 Å². The van der Waals surface area contributed by atoms with Gasteiger partial charge in [0.1, 0.15) is 0 Å². The van der Waals surface area contributed by atoms with Gasteiger partial charge in [0, 0.05) is 38.9 Å². The fraction of sp³-hybridized carbons (Fsp3) is 0. The molecule has 10 rings (SSSR count). The van der Waals surface area contributed by atoms with Gasteiger partial charge in [0.15, 0.2) is 34.9 Å². The van der Waals surface area contributed by atoms with Crippen molar-refractivity contribution in [3.05, 3.63) is 206 Å². The number of hydrogen-bond acceptors (Lipinski definition) is 7. The van der Waals surface area contributed by atoms with E-state index < -0.39 is 0 Å². The van der Waals surface area contributed by atoms with Crippen LogP contribution < -0.4 is 0 Å². The van der Waals surface area contributed by atoms with Gasteiger partial charge in [-0.25, -0.2) is 29.9 Å². The van der Waals surface area contributed by atoms with E-state index in [1.165, 1.54) is 0 Å². The summed E-state index contributed by atoms with van der Waals surface area (Å²) in [7, 11) is 0. The van der Waals surface area contributed by atoms with Crippen molar-refractivity contribution >= 4 is 10.8 Å². The molecule has 0 saturated carbocycles. The Morgan fingerprint density at radius 3 is 1.05 bits per heavy atom. The van der Waals surface area contributed by atoms with E-state index >= 15 is 0 Å². The first-order valence-electron chi connectivity index (χ1n) is 19.6. The number of benzene rings is 8. The first-order valence-corrected chi connectivity index (χ1v) is 19.6. The van der Waals surface area contributed by atoms with Crippen molar-refractivity contribution in [1.29, 1.82) is 5.26 Å². The molecule has 0 fully saturated rings. The topological polar surface area (TPSA) is 101 Å². The van der Waals surface area contributed by atoms with Gasteiger partial charge in [0.25, 0.3) is 0 Å². The number of hydrogen-bond donors (Lipinski definition) is 0. The lowest BCUT2D eigenvalue weighted by atomic mass is 9.93. The summed E-state index contributed by atoms with van der Waals surface area (Å²) < 4.78 is 0. The minimum absolute atomic E-state index is 0.552. The standard InChI is InChI=1S/C53H33N7/c54-34-46-31-41-28-27-40(39-23-13-25-43(29-39)52-57-48(35-15-5-1-6-16-35)55-49(58-52)36-17-7-2-8-18-36)30-45(41)33-47(46)42-24-14-26-44(32-42)53-59-50(37-19-9-3-10-20-37)56-51(60-53)38-21-11-4-12-22-38/h1-33H. The van der Waals surface area contributed by atoms with Crippen molar-refractivity contribution < 1.29 is 0 Å². The Balaban J connectivity index is 1.03. The molecule has 10 aromatic rings. The van der Waals surface area contributed by atoms with Gasteiger partial charge in [-0.1, -0.05) is 170 Å². The van der Waals surface area contributed by atoms with E-state index in [2.05, 4.69) is 48.5 Å². The molecule has 8 aromatic carbocycles. The molecule has 0 aliphatic heterocycles. The van der Waals surface area contributed by atoms with Gasteiger partial charge in [-0.05, 0) is 57.8 Å². The molecule has 0 aliphatic carbocycles. The maximum absolute atomic E-state index is 10.4. The quantitative estimate of drug-likeness (QED) is 0.152. The van der Waals surface area contributed by atoms with Gasteiger partial charge in [-0.2, -0.15) is 5.26 Å². The lowest BCUT2D eigenvalue weighted by Gasteiger charge is -2.12. The lowest BCUT2D eigenvalue weighted by molar-refractivity contribution is 1.07. The third-order valence-electron chi connectivity index (χ3n) is 10.4. The molecular weight excluding hydrogens is 735 g/mol. The van der Waals surface area contributed by atoms with Crippen LogP contribution in [0.5, 0.6) is 0 Å². The fourth-order valence-electron chi connectivity index (χ4n) is 7.35. The van der Waals surface area contributed by atoms with Crippen molar-refractivity contribution in [2.75, 3.05) is 0 Å². The maximum Gasteiger partial charge on any atom is 0.164 e. The Morgan fingerprint density at radius 1 is 0.267 bits per heavy atom. The average molecular weight is 768 g/mol. The summed E-state index contributed by atoms with van der Waals surface area (Å²) in [6.45, 7) is 0. The van der Waals surface area contributed by atoms with E-state index in [1.807, 2.05) is 158 Å². The second kappa shape index (κ2) is 15.8. The molecule has 2 heterocycles. The SMILES string of the molecule is N#Cc1cc2ccc(-c3cccc(-c4nc(-c5ccccc5)nc(-c5ccccc5)n4)c3)cc2cc1-c1cccc(-c2nc(-c3ccccc3)nc(-c3ccccc3)n2)c1. The summed E-state index contributed by atoms with van der Waals surface area (Å²) in [5.41, 5.74) is 9.69. The maximum atomic E-state index is 10.4. The molecular formula is C53H33N7. The van der Waals surface area contributed by atoms with Crippen LogP contribution in [0.4, 0.5) is 0 Å². The van der Waals surface area contributed by atoms with Gasteiger partial charge < -0.3 is 0 Å². The molecule has 60 heavy (non-hydrogen) atoms. The highest BCUT2D eigenvalue weighted by Gasteiger charge is 2.16. The molecule has 0 aliphatic rings. The van der Waals surface area contributed by atoms with Crippen LogP contribution in [0, 0.1) is 11.3 Å². The molecule has 7 heteroatoms. The summed E-state index contributed by atoms with van der Waals surface area (Å²) in [4.78, 5) is 29.5. The van der Waals surface area contributed by atoms with Crippen LogP contribution in [0.15, 0.2) is 200 Å². The smallest absolute Gasteiger partial charge is 0.164 e. The van der Waals surface area contributed by atoms with Gasteiger partial charge in [0.05, 0.1) is 11.6 Å². The molecule has 2 aromatic heterocycles. The van der Waals surface area contributed by atoms with Crippen LogP contribution in [0.2, 0.25) is 0 Å². The third kappa shape index (κ3) is 7.29. The van der Waals surface area contributed by atoms with Crippen LogP contribution in [-0.2, 0) is 0 Å². The highest BCUT2D eigenvalue weighted by Crippen LogP contribution is 2.35. The molecule has 0 amide bonds. The van der Waals surface area contributed by atoms with E-state index in [9.17, 15) is 5.26 Å². The number of nitriles is 1. The average Bonchev–Trinajstić information content (AvgIpc) is 3.34. The van der Waals surface area contributed by atoms with E-state index in [0.29, 0.717) is 40.5 Å². The van der Waals surface area contributed by atoms with E-state index in [4.69, 9.17) is 29.9 Å². The fourth-order valence-corrected chi connectivity index (χ4v) is 7.35. The largest absolute Gasteiger partial charge is 0.208 e. The van der Waals surface area contributed by atoms with Gasteiger partial charge in [0.2, 0.25) is 0 Å². The molecule has 0 unspecified atom stereocenters. The second-order valence-electron chi connectivity index (χ2n) is 14.3. The van der Waals surface area contributed by atoms with Crippen LogP contribution in [0.3, 0.4) is 0 Å². The zero-order valence-corrected chi connectivity index (χ0v) is 32.2. The number of rotatable bonds is 8. The minimum atomic E-state index is 0.552. The molecule has 7 nitrogen and oxygen atoms in total. The molecule has 280 valence electrons. The van der Waals surface area contributed by atoms with Crippen LogP contribution in [0.1, 0.15) is 5.56 Å². The summed E-state index contributed by atoms with van der Waals surface area (Å²) in [5.74, 6) is 3.56. The first kappa shape index (κ1) is 35.9. The molecule has 0 atom stereocenters. The van der Waals surface area contributed by atoms with E-state index in [-0.39, 0.29) is 0 Å². The number of nitrogens with zero attached hydrogens (tertiary/aromatic N) is 7. The van der Waals surface area contributed by atoms with Crippen molar-refractivity contribution in [1.82, 2.24) is 29.9 Å². The lowest BCUT2D eigenvalue weighted by Crippen LogP contribution is -2.00. The number of fused-ring (bicyclic) bond motifs is 1. The van der Waals surface area contributed by atoms with Crippen LogP contribution >= 0.6 is 0 Å². The van der Waals surface area contributed by atoms with Crippen molar-refractivity contribution in [3.63, 3.8) is 0 Å². The Morgan fingerprint density at radius 2 is 0.617 bits per heavy atom.